The Morgan fingerprint density at radius 3 is 2.85 bits per heavy atom. The van der Waals surface area contributed by atoms with Gasteiger partial charge in [0.25, 0.3) is 0 Å². The van der Waals surface area contributed by atoms with Crippen molar-refractivity contribution in [1.29, 1.82) is 0 Å². The van der Waals surface area contributed by atoms with E-state index in [2.05, 4.69) is 39.5 Å². The molecule has 2 aromatic rings. The molecule has 3 nitrogen and oxygen atoms in total. The summed E-state index contributed by atoms with van der Waals surface area (Å²) in [7, 11) is 0. The minimum absolute atomic E-state index is 0.267. The lowest BCUT2D eigenvalue weighted by Crippen LogP contribution is -2.26. The van der Waals surface area contributed by atoms with Crippen molar-refractivity contribution in [3.05, 3.63) is 60.0 Å². The Bertz CT molecular complexity index is 559. The Morgan fingerprint density at radius 2 is 2.05 bits per heavy atom. The van der Waals surface area contributed by atoms with Gasteiger partial charge < -0.3 is 5.32 Å². The van der Waals surface area contributed by atoms with Gasteiger partial charge in [0, 0.05) is 31.9 Å². The molecule has 1 saturated heterocycles. The zero-order chi connectivity index (χ0) is 13.8. The smallest absolute Gasteiger partial charge is 0.165 e. The molecular formula is C16H18FN3. The van der Waals surface area contributed by atoms with Crippen molar-refractivity contribution in [3.63, 3.8) is 0 Å². The number of benzene rings is 1. The van der Waals surface area contributed by atoms with Crippen molar-refractivity contribution in [2.24, 2.45) is 0 Å². The lowest BCUT2D eigenvalue weighted by molar-refractivity contribution is 0.328. The number of pyridine rings is 1. The molecule has 2 heterocycles. The first-order chi connectivity index (χ1) is 9.81. The van der Waals surface area contributed by atoms with Crippen LogP contribution in [0.25, 0.3) is 0 Å². The lowest BCUT2D eigenvalue weighted by atomic mass is 10.2. The first kappa shape index (κ1) is 13.1. The van der Waals surface area contributed by atoms with Crippen LogP contribution in [0.15, 0.2) is 48.7 Å². The van der Waals surface area contributed by atoms with Gasteiger partial charge in [0.2, 0.25) is 0 Å². The van der Waals surface area contributed by atoms with Crippen molar-refractivity contribution in [2.45, 2.75) is 19.0 Å². The van der Waals surface area contributed by atoms with Crippen molar-refractivity contribution in [3.8, 4) is 0 Å². The highest BCUT2D eigenvalue weighted by Gasteiger charge is 2.23. The molecule has 1 aromatic heterocycles. The number of hydrogen-bond donors (Lipinski definition) is 1. The van der Waals surface area contributed by atoms with Crippen LogP contribution in [-0.2, 0) is 6.54 Å². The molecule has 1 fully saturated rings. The van der Waals surface area contributed by atoms with Gasteiger partial charge in [-0.2, -0.15) is 0 Å². The van der Waals surface area contributed by atoms with E-state index < -0.39 is 0 Å². The average molecular weight is 271 g/mol. The van der Waals surface area contributed by atoms with E-state index in [1.807, 2.05) is 6.07 Å². The van der Waals surface area contributed by atoms with E-state index in [1.54, 1.807) is 12.3 Å². The SMILES string of the molecule is Fc1cccnc1NC1CCN(Cc2ccccc2)C1. The molecule has 0 bridgehead atoms. The first-order valence-electron chi connectivity index (χ1n) is 6.94. The van der Waals surface area contributed by atoms with Crippen LogP contribution in [0.1, 0.15) is 12.0 Å². The zero-order valence-corrected chi connectivity index (χ0v) is 11.3. The quantitative estimate of drug-likeness (QED) is 0.926. The summed E-state index contributed by atoms with van der Waals surface area (Å²) in [4.78, 5) is 6.43. The normalized spacial score (nSPS) is 19.1. The Hall–Kier alpha value is -1.94. The number of hydrogen-bond acceptors (Lipinski definition) is 3. The molecule has 0 aliphatic carbocycles. The summed E-state index contributed by atoms with van der Waals surface area (Å²) in [5.41, 5.74) is 1.32. The van der Waals surface area contributed by atoms with Crippen LogP contribution < -0.4 is 5.32 Å². The number of nitrogens with zero attached hydrogens (tertiary/aromatic N) is 2. The number of anilines is 1. The topological polar surface area (TPSA) is 28.2 Å². The van der Waals surface area contributed by atoms with Gasteiger partial charge in [-0.1, -0.05) is 30.3 Å². The van der Waals surface area contributed by atoms with Crippen LogP contribution in [0, 0.1) is 5.82 Å². The first-order valence-corrected chi connectivity index (χ1v) is 6.94. The molecule has 20 heavy (non-hydrogen) atoms. The minimum Gasteiger partial charge on any atom is -0.364 e. The summed E-state index contributed by atoms with van der Waals surface area (Å²) in [6.07, 6.45) is 2.63. The lowest BCUT2D eigenvalue weighted by Gasteiger charge is -2.17. The third-order valence-corrected chi connectivity index (χ3v) is 3.62. The standard InChI is InChI=1S/C16H18FN3/c17-15-7-4-9-18-16(15)19-14-8-10-20(12-14)11-13-5-2-1-3-6-13/h1-7,9,14H,8,10-12H2,(H,18,19). The fraction of sp³-hybridized carbons (Fsp3) is 0.312. The van der Waals surface area contributed by atoms with Crippen LogP contribution >= 0.6 is 0 Å². The molecule has 104 valence electrons. The van der Waals surface area contributed by atoms with Crippen LogP contribution in [-0.4, -0.2) is 29.0 Å². The van der Waals surface area contributed by atoms with Gasteiger partial charge in [0.1, 0.15) is 0 Å². The van der Waals surface area contributed by atoms with Gasteiger partial charge >= 0.3 is 0 Å². The maximum atomic E-state index is 13.5. The van der Waals surface area contributed by atoms with E-state index in [0.717, 1.165) is 26.1 Å². The molecule has 1 aliphatic heterocycles. The van der Waals surface area contributed by atoms with Gasteiger partial charge in [-0.05, 0) is 24.1 Å². The maximum Gasteiger partial charge on any atom is 0.165 e. The van der Waals surface area contributed by atoms with Gasteiger partial charge in [-0.15, -0.1) is 0 Å². The number of halogens is 1. The highest BCUT2D eigenvalue weighted by molar-refractivity contribution is 5.37. The van der Waals surface area contributed by atoms with Crippen molar-refractivity contribution in [1.82, 2.24) is 9.88 Å². The molecule has 1 N–H and O–H groups in total. The molecule has 0 spiro atoms. The Kier molecular flexibility index (Phi) is 3.92. The van der Waals surface area contributed by atoms with Crippen molar-refractivity contribution < 1.29 is 4.39 Å². The predicted octanol–water partition coefficient (Wildman–Crippen LogP) is 2.91. The van der Waals surface area contributed by atoms with Crippen molar-refractivity contribution in [2.75, 3.05) is 18.4 Å². The zero-order valence-electron chi connectivity index (χ0n) is 11.3. The summed E-state index contributed by atoms with van der Waals surface area (Å²) in [5.74, 6) is 0.0769. The number of likely N-dealkylation sites (tertiary alicyclic amines) is 1. The molecule has 1 aliphatic rings. The summed E-state index contributed by atoms with van der Waals surface area (Å²) in [5, 5.41) is 3.20. The molecule has 1 aromatic carbocycles. The van der Waals surface area contributed by atoms with Crippen LogP contribution in [0.4, 0.5) is 10.2 Å². The summed E-state index contributed by atoms with van der Waals surface area (Å²) >= 11 is 0. The molecule has 0 radical (unpaired) electrons. The fourth-order valence-electron chi connectivity index (χ4n) is 2.62. The molecule has 0 amide bonds. The molecule has 1 unspecified atom stereocenters. The third kappa shape index (κ3) is 3.14. The minimum atomic E-state index is -0.283. The largest absolute Gasteiger partial charge is 0.364 e. The summed E-state index contributed by atoms with van der Waals surface area (Å²) < 4.78 is 13.5. The van der Waals surface area contributed by atoms with E-state index >= 15 is 0 Å². The molecule has 4 heteroatoms. The molecule has 3 rings (SSSR count). The van der Waals surface area contributed by atoms with E-state index in [-0.39, 0.29) is 11.9 Å². The second kappa shape index (κ2) is 6.01. The maximum absolute atomic E-state index is 13.5. The van der Waals surface area contributed by atoms with E-state index in [0.29, 0.717) is 5.82 Å². The van der Waals surface area contributed by atoms with Gasteiger partial charge in [0.15, 0.2) is 11.6 Å². The van der Waals surface area contributed by atoms with Gasteiger partial charge in [-0.25, -0.2) is 9.37 Å². The monoisotopic (exact) mass is 271 g/mol. The second-order valence-electron chi connectivity index (χ2n) is 5.18. The average Bonchev–Trinajstić information content (AvgIpc) is 2.90. The summed E-state index contributed by atoms with van der Waals surface area (Å²) in [6.45, 7) is 2.90. The Labute approximate surface area is 118 Å². The highest BCUT2D eigenvalue weighted by atomic mass is 19.1. The van der Waals surface area contributed by atoms with Crippen LogP contribution in [0.5, 0.6) is 0 Å². The fourth-order valence-corrected chi connectivity index (χ4v) is 2.62. The van der Waals surface area contributed by atoms with E-state index in [1.165, 1.54) is 11.6 Å². The number of nitrogens with one attached hydrogen (secondary N) is 1. The van der Waals surface area contributed by atoms with Crippen LogP contribution in [0.3, 0.4) is 0 Å². The van der Waals surface area contributed by atoms with Gasteiger partial charge in [-0.3, -0.25) is 4.90 Å². The number of rotatable bonds is 4. The van der Waals surface area contributed by atoms with Crippen molar-refractivity contribution >= 4 is 5.82 Å². The second-order valence-corrected chi connectivity index (χ2v) is 5.18. The highest BCUT2D eigenvalue weighted by Crippen LogP contribution is 2.18. The Balaban J connectivity index is 1.56. The molecule has 0 saturated carbocycles. The predicted molar refractivity (Wildman–Crippen MR) is 77.9 cm³/mol. The van der Waals surface area contributed by atoms with Gasteiger partial charge in [0.05, 0.1) is 0 Å². The third-order valence-electron chi connectivity index (χ3n) is 3.62. The molecular weight excluding hydrogens is 253 g/mol. The number of aromatic nitrogens is 1. The van der Waals surface area contributed by atoms with E-state index in [9.17, 15) is 4.39 Å². The summed E-state index contributed by atoms with van der Waals surface area (Å²) in [6, 6.07) is 13.7. The van der Waals surface area contributed by atoms with E-state index in [4.69, 9.17) is 0 Å². The van der Waals surface area contributed by atoms with Crippen LogP contribution in [0.2, 0.25) is 0 Å². The Morgan fingerprint density at radius 1 is 1.20 bits per heavy atom. The molecule has 1 atom stereocenters.